The minimum absolute atomic E-state index is 0.132. The Labute approximate surface area is 128 Å². The summed E-state index contributed by atoms with van der Waals surface area (Å²) >= 11 is 0. The van der Waals surface area contributed by atoms with E-state index >= 15 is 0 Å². The zero-order valence-electron chi connectivity index (χ0n) is 13.6. The molecule has 2 unspecified atom stereocenters. The van der Waals surface area contributed by atoms with E-state index in [1.54, 1.807) is 0 Å². The summed E-state index contributed by atoms with van der Waals surface area (Å²) in [5, 5.41) is 10.8. The molecule has 0 aromatic rings. The van der Waals surface area contributed by atoms with Gasteiger partial charge in [0.1, 0.15) is 5.60 Å². The van der Waals surface area contributed by atoms with Gasteiger partial charge in [-0.05, 0) is 65.7 Å². The van der Waals surface area contributed by atoms with Gasteiger partial charge in [-0.25, -0.2) is 4.79 Å². The molecular weight excluding hydrogens is 266 g/mol. The van der Waals surface area contributed by atoms with Crippen LogP contribution >= 0.6 is 0 Å². The molecule has 2 bridgehead atoms. The maximum atomic E-state index is 12.4. The van der Waals surface area contributed by atoms with Crippen LogP contribution in [0, 0.1) is 0 Å². The lowest BCUT2D eigenvalue weighted by Crippen LogP contribution is -2.54. The Morgan fingerprint density at radius 1 is 1.38 bits per heavy atom. The summed E-state index contributed by atoms with van der Waals surface area (Å²) in [7, 11) is 0. The van der Waals surface area contributed by atoms with E-state index < -0.39 is 11.2 Å². The van der Waals surface area contributed by atoms with E-state index in [2.05, 4.69) is 6.58 Å². The third kappa shape index (κ3) is 4.00. The van der Waals surface area contributed by atoms with Gasteiger partial charge in [-0.15, -0.1) is 6.58 Å². The first kappa shape index (κ1) is 16.3. The Balaban J connectivity index is 1.98. The average molecular weight is 295 g/mol. The minimum atomic E-state index is -0.618. The van der Waals surface area contributed by atoms with Gasteiger partial charge in [0, 0.05) is 12.1 Å². The molecule has 0 aromatic carbocycles. The molecule has 2 rings (SSSR count). The van der Waals surface area contributed by atoms with Crippen molar-refractivity contribution in [2.75, 3.05) is 0 Å². The van der Waals surface area contributed by atoms with E-state index in [9.17, 15) is 9.90 Å². The molecule has 0 radical (unpaired) electrons. The van der Waals surface area contributed by atoms with Gasteiger partial charge >= 0.3 is 6.09 Å². The number of carbonyl (C=O) groups is 1. The van der Waals surface area contributed by atoms with Gasteiger partial charge in [-0.2, -0.15) is 0 Å². The molecule has 4 nitrogen and oxygen atoms in total. The molecule has 0 aromatic heterocycles. The molecule has 0 spiro atoms. The van der Waals surface area contributed by atoms with Gasteiger partial charge in [-0.1, -0.05) is 6.08 Å². The van der Waals surface area contributed by atoms with Crippen LogP contribution in [0.15, 0.2) is 12.7 Å². The number of unbranched alkanes of at least 4 members (excludes halogenated alkanes) is 1. The number of amides is 1. The van der Waals surface area contributed by atoms with Crippen molar-refractivity contribution in [2.45, 2.75) is 89.0 Å². The number of nitrogens with zero attached hydrogens (tertiary/aromatic N) is 1. The van der Waals surface area contributed by atoms with Crippen LogP contribution in [0.4, 0.5) is 4.79 Å². The number of fused-ring (bicyclic) bond motifs is 2. The standard InChI is InChI=1S/C17H29NO3/c1-5-6-7-10-17(20)11-13-8-9-14(12-17)18(13)15(19)21-16(2,3)4/h5,13-14,20H,1,6-12H2,2-4H3. The molecule has 2 atom stereocenters. The van der Waals surface area contributed by atoms with Gasteiger partial charge < -0.3 is 14.7 Å². The molecule has 4 heteroatoms. The van der Waals surface area contributed by atoms with Crippen LogP contribution in [-0.4, -0.2) is 39.4 Å². The van der Waals surface area contributed by atoms with E-state index in [0.717, 1.165) is 32.1 Å². The molecule has 0 saturated carbocycles. The number of aliphatic hydroxyl groups is 1. The summed E-state index contributed by atoms with van der Waals surface area (Å²) in [6.07, 6.45) is 7.70. The fraction of sp³-hybridized carbons (Fsp3) is 0.824. The highest BCUT2D eigenvalue weighted by atomic mass is 16.6. The van der Waals surface area contributed by atoms with Crippen molar-refractivity contribution in [1.29, 1.82) is 0 Å². The van der Waals surface area contributed by atoms with Crippen molar-refractivity contribution in [2.24, 2.45) is 0 Å². The third-order valence-electron chi connectivity index (χ3n) is 4.51. The number of rotatable bonds is 4. The summed E-state index contributed by atoms with van der Waals surface area (Å²) < 4.78 is 5.52. The number of hydrogen-bond donors (Lipinski definition) is 1. The molecule has 1 amide bonds. The van der Waals surface area contributed by atoms with E-state index in [-0.39, 0.29) is 18.2 Å². The van der Waals surface area contributed by atoms with E-state index in [1.807, 2.05) is 31.7 Å². The second-order valence-electron chi connectivity index (χ2n) is 7.59. The minimum Gasteiger partial charge on any atom is -0.444 e. The first-order valence-corrected chi connectivity index (χ1v) is 8.09. The second-order valence-corrected chi connectivity index (χ2v) is 7.59. The maximum Gasteiger partial charge on any atom is 0.410 e. The van der Waals surface area contributed by atoms with Gasteiger partial charge in [0.2, 0.25) is 0 Å². The normalized spacial score (nSPS) is 32.1. The average Bonchev–Trinajstić information content (AvgIpc) is 2.61. The van der Waals surface area contributed by atoms with Crippen molar-refractivity contribution < 1.29 is 14.6 Å². The summed E-state index contributed by atoms with van der Waals surface area (Å²) in [5.41, 5.74) is -1.08. The number of piperidine rings is 1. The number of hydrogen-bond acceptors (Lipinski definition) is 3. The summed E-state index contributed by atoms with van der Waals surface area (Å²) in [6, 6.07) is 0.264. The largest absolute Gasteiger partial charge is 0.444 e. The van der Waals surface area contributed by atoms with Gasteiger partial charge in [0.15, 0.2) is 0 Å². The topological polar surface area (TPSA) is 49.8 Å². The number of ether oxygens (including phenoxy) is 1. The third-order valence-corrected chi connectivity index (χ3v) is 4.51. The maximum absolute atomic E-state index is 12.4. The second kappa shape index (κ2) is 5.99. The molecule has 0 aliphatic carbocycles. The molecule has 2 fully saturated rings. The Kier molecular flexibility index (Phi) is 4.66. The van der Waals surface area contributed by atoms with Crippen molar-refractivity contribution >= 4 is 6.09 Å². The SMILES string of the molecule is C=CCCCC1(O)CC2CCC(C1)N2C(=O)OC(C)(C)C. The van der Waals surface area contributed by atoms with Crippen LogP contribution in [0.1, 0.15) is 65.7 Å². The van der Waals surface area contributed by atoms with Crippen LogP contribution in [0.5, 0.6) is 0 Å². The predicted molar refractivity (Wildman–Crippen MR) is 83.1 cm³/mol. The highest BCUT2D eigenvalue weighted by Crippen LogP contribution is 2.43. The van der Waals surface area contributed by atoms with Crippen molar-refractivity contribution in [3.05, 3.63) is 12.7 Å². The first-order valence-electron chi connectivity index (χ1n) is 8.09. The highest BCUT2D eigenvalue weighted by molar-refractivity contribution is 5.69. The van der Waals surface area contributed by atoms with Gasteiger partial charge in [0.25, 0.3) is 0 Å². The van der Waals surface area contributed by atoms with Crippen LogP contribution in [0.2, 0.25) is 0 Å². The lowest BCUT2D eigenvalue weighted by Gasteiger charge is -2.44. The Morgan fingerprint density at radius 2 is 1.95 bits per heavy atom. The lowest BCUT2D eigenvalue weighted by molar-refractivity contribution is -0.0632. The molecule has 2 aliphatic rings. The summed E-state index contributed by atoms with van der Waals surface area (Å²) in [6.45, 7) is 9.40. The van der Waals surface area contributed by atoms with Gasteiger partial charge in [-0.3, -0.25) is 0 Å². The molecular formula is C17H29NO3. The smallest absolute Gasteiger partial charge is 0.410 e. The fourth-order valence-electron chi connectivity index (χ4n) is 3.71. The summed E-state index contributed by atoms with van der Waals surface area (Å²) in [5.74, 6) is 0. The number of carbonyl (C=O) groups excluding carboxylic acids is 1. The molecule has 2 heterocycles. The molecule has 2 aliphatic heterocycles. The number of allylic oxidation sites excluding steroid dienone is 1. The van der Waals surface area contributed by atoms with Crippen LogP contribution < -0.4 is 0 Å². The Hall–Kier alpha value is -1.03. The van der Waals surface area contributed by atoms with Crippen LogP contribution in [0.25, 0.3) is 0 Å². The quantitative estimate of drug-likeness (QED) is 0.636. The predicted octanol–water partition coefficient (Wildman–Crippen LogP) is 3.64. The van der Waals surface area contributed by atoms with Crippen molar-refractivity contribution in [3.63, 3.8) is 0 Å². The lowest BCUT2D eigenvalue weighted by atomic mass is 9.82. The molecule has 2 saturated heterocycles. The zero-order chi connectivity index (χ0) is 15.7. The molecule has 1 N–H and O–H groups in total. The fourth-order valence-corrected chi connectivity index (χ4v) is 3.71. The van der Waals surface area contributed by atoms with Crippen molar-refractivity contribution in [3.8, 4) is 0 Å². The summed E-state index contributed by atoms with van der Waals surface area (Å²) in [4.78, 5) is 14.2. The molecule has 120 valence electrons. The van der Waals surface area contributed by atoms with Gasteiger partial charge in [0.05, 0.1) is 5.60 Å². The molecule has 21 heavy (non-hydrogen) atoms. The first-order chi connectivity index (χ1) is 9.74. The Bertz CT molecular complexity index is 385. The van der Waals surface area contributed by atoms with E-state index in [4.69, 9.17) is 4.74 Å². The highest BCUT2D eigenvalue weighted by Gasteiger charge is 2.49. The van der Waals surface area contributed by atoms with Crippen molar-refractivity contribution in [1.82, 2.24) is 4.90 Å². The van der Waals surface area contributed by atoms with E-state index in [1.165, 1.54) is 0 Å². The Morgan fingerprint density at radius 3 is 2.43 bits per heavy atom. The monoisotopic (exact) mass is 295 g/mol. The van der Waals surface area contributed by atoms with Crippen LogP contribution in [-0.2, 0) is 4.74 Å². The van der Waals surface area contributed by atoms with Crippen LogP contribution in [0.3, 0.4) is 0 Å². The zero-order valence-corrected chi connectivity index (χ0v) is 13.6. The van der Waals surface area contributed by atoms with E-state index in [0.29, 0.717) is 12.8 Å².